The van der Waals surface area contributed by atoms with Crippen molar-refractivity contribution in [1.29, 1.82) is 0 Å². The minimum Gasteiger partial charge on any atom is -0.481 e. The molecule has 0 bridgehead atoms. The average molecular weight is 216 g/mol. The largest absolute Gasteiger partial charge is 0.481 e. The van der Waals surface area contributed by atoms with E-state index in [1.807, 2.05) is 34.9 Å². The summed E-state index contributed by atoms with van der Waals surface area (Å²) >= 11 is 0. The Bertz CT molecular complexity index is 477. The Balaban J connectivity index is 2.23. The smallest absolute Gasteiger partial charge is 0.305 e. The van der Waals surface area contributed by atoms with Gasteiger partial charge in [0.2, 0.25) is 0 Å². The van der Waals surface area contributed by atoms with E-state index in [9.17, 15) is 4.79 Å². The predicted octanol–water partition coefficient (Wildman–Crippen LogP) is 2.02. The maximum absolute atomic E-state index is 10.5. The van der Waals surface area contributed by atoms with Crippen molar-refractivity contribution in [2.24, 2.45) is 0 Å². The fraction of sp³-hybridized carbons (Fsp3) is 0.167. The quantitative estimate of drug-likeness (QED) is 0.850. The zero-order valence-electron chi connectivity index (χ0n) is 8.71. The molecule has 0 aliphatic rings. The first-order valence-corrected chi connectivity index (χ1v) is 5.05. The van der Waals surface area contributed by atoms with Crippen LogP contribution in [0.3, 0.4) is 0 Å². The third-order valence-electron chi connectivity index (χ3n) is 2.35. The standard InChI is InChI=1S/C12H12N2O2/c15-12(16)6-7-14-9-13-8-11(14)10-4-2-1-3-5-10/h1-5,8-9H,6-7H2,(H,15,16). The van der Waals surface area contributed by atoms with Crippen LogP contribution in [0.2, 0.25) is 0 Å². The van der Waals surface area contributed by atoms with E-state index >= 15 is 0 Å². The van der Waals surface area contributed by atoms with E-state index in [2.05, 4.69) is 4.98 Å². The van der Waals surface area contributed by atoms with E-state index in [0.29, 0.717) is 6.54 Å². The highest BCUT2D eigenvalue weighted by atomic mass is 16.4. The third kappa shape index (κ3) is 2.28. The van der Waals surface area contributed by atoms with Crippen molar-refractivity contribution in [3.8, 4) is 11.3 Å². The monoisotopic (exact) mass is 216 g/mol. The number of carboxylic acid groups (broad SMARTS) is 1. The zero-order valence-corrected chi connectivity index (χ0v) is 8.71. The van der Waals surface area contributed by atoms with E-state index in [-0.39, 0.29) is 6.42 Å². The number of hydrogen-bond donors (Lipinski definition) is 1. The minimum absolute atomic E-state index is 0.107. The lowest BCUT2D eigenvalue weighted by Gasteiger charge is -2.06. The number of rotatable bonds is 4. The van der Waals surface area contributed by atoms with Gasteiger partial charge in [0, 0.05) is 6.54 Å². The van der Waals surface area contributed by atoms with Gasteiger partial charge in [0.25, 0.3) is 0 Å². The van der Waals surface area contributed by atoms with Crippen molar-refractivity contribution in [3.05, 3.63) is 42.9 Å². The Morgan fingerprint density at radius 3 is 2.75 bits per heavy atom. The minimum atomic E-state index is -0.798. The molecule has 16 heavy (non-hydrogen) atoms. The van der Waals surface area contributed by atoms with Crippen LogP contribution in [0.25, 0.3) is 11.3 Å². The lowest BCUT2D eigenvalue weighted by atomic mass is 10.2. The number of hydrogen-bond acceptors (Lipinski definition) is 2. The molecule has 1 heterocycles. The van der Waals surface area contributed by atoms with Crippen LogP contribution in [0.1, 0.15) is 6.42 Å². The summed E-state index contributed by atoms with van der Waals surface area (Å²) < 4.78 is 1.85. The average Bonchev–Trinajstić information content (AvgIpc) is 2.75. The highest BCUT2D eigenvalue weighted by molar-refractivity contribution is 5.67. The first-order chi connectivity index (χ1) is 7.77. The molecule has 0 radical (unpaired) electrons. The molecule has 1 N–H and O–H groups in total. The SMILES string of the molecule is O=C(O)CCn1cncc1-c1ccccc1. The van der Waals surface area contributed by atoms with Crippen molar-refractivity contribution in [1.82, 2.24) is 9.55 Å². The first kappa shape index (κ1) is 10.4. The Labute approximate surface area is 93.2 Å². The van der Waals surface area contributed by atoms with Gasteiger partial charge in [-0.25, -0.2) is 4.98 Å². The number of imidazole rings is 1. The molecule has 0 unspecified atom stereocenters. The van der Waals surface area contributed by atoms with Gasteiger partial charge in [-0.2, -0.15) is 0 Å². The van der Waals surface area contributed by atoms with Crippen molar-refractivity contribution in [2.45, 2.75) is 13.0 Å². The summed E-state index contributed by atoms with van der Waals surface area (Å²) in [6.07, 6.45) is 3.51. The number of aliphatic carboxylic acids is 1. The fourth-order valence-electron chi connectivity index (χ4n) is 1.56. The molecule has 4 heteroatoms. The molecule has 0 spiro atoms. The number of nitrogens with zero attached hydrogens (tertiary/aromatic N) is 2. The van der Waals surface area contributed by atoms with E-state index < -0.39 is 5.97 Å². The van der Waals surface area contributed by atoms with E-state index in [0.717, 1.165) is 11.3 Å². The molecule has 2 aromatic rings. The van der Waals surface area contributed by atoms with Gasteiger partial charge in [-0.15, -0.1) is 0 Å². The van der Waals surface area contributed by atoms with Crippen LogP contribution in [0.15, 0.2) is 42.9 Å². The summed E-state index contributed by atoms with van der Waals surface area (Å²) in [4.78, 5) is 14.6. The van der Waals surface area contributed by atoms with Crippen LogP contribution in [-0.2, 0) is 11.3 Å². The second-order valence-electron chi connectivity index (χ2n) is 3.48. The second kappa shape index (κ2) is 4.61. The lowest BCUT2D eigenvalue weighted by Crippen LogP contribution is -2.04. The fourth-order valence-corrected chi connectivity index (χ4v) is 1.56. The molecule has 0 aliphatic carbocycles. The van der Waals surface area contributed by atoms with Gasteiger partial charge in [0.1, 0.15) is 0 Å². The molecule has 82 valence electrons. The highest BCUT2D eigenvalue weighted by Crippen LogP contribution is 2.18. The topological polar surface area (TPSA) is 55.1 Å². The molecular weight excluding hydrogens is 204 g/mol. The number of aryl methyl sites for hydroxylation is 1. The summed E-state index contributed by atoms with van der Waals surface area (Å²) in [7, 11) is 0. The normalized spacial score (nSPS) is 10.2. The molecule has 1 aromatic carbocycles. The van der Waals surface area contributed by atoms with Crippen LogP contribution in [0.5, 0.6) is 0 Å². The molecule has 0 saturated heterocycles. The summed E-state index contributed by atoms with van der Waals surface area (Å²) in [5.41, 5.74) is 1.99. The van der Waals surface area contributed by atoms with Crippen molar-refractivity contribution >= 4 is 5.97 Å². The maximum Gasteiger partial charge on any atom is 0.305 e. The summed E-state index contributed by atoms with van der Waals surface area (Å²) in [5, 5.41) is 8.64. The van der Waals surface area contributed by atoms with Gasteiger partial charge >= 0.3 is 5.97 Å². The Hall–Kier alpha value is -2.10. The molecule has 2 rings (SSSR count). The third-order valence-corrected chi connectivity index (χ3v) is 2.35. The lowest BCUT2D eigenvalue weighted by molar-refractivity contribution is -0.137. The number of carbonyl (C=O) groups is 1. The highest BCUT2D eigenvalue weighted by Gasteiger charge is 2.05. The van der Waals surface area contributed by atoms with Crippen molar-refractivity contribution in [2.75, 3.05) is 0 Å². The molecular formula is C12H12N2O2. The van der Waals surface area contributed by atoms with E-state index in [1.54, 1.807) is 12.5 Å². The molecule has 0 fully saturated rings. The molecule has 4 nitrogen and oxygen atoms in total. The molecule has 0 aliphatic heterocycles. The van der Waals surface area contributed by atoms with Gasteiger partial charge in [0.15, 0.2) is 0 Å². The Morgan fingerprint density at radius 2 is 2.06 bits per heavy atom. The zero-order chi connectivity index (χ0) is 11.4. The van der Waals surface area contributed by atoms with Crippen LogP contribution in [0.4, 0.5) is 0 Å². The van der Waals surface area contributed by atoms with Crippen molar-refractivity contribution < 1.29 is 9.90 Å². The predicted molar refractivity (Wildman–Crippen MR) is 59.9 cm³/mol. The molecule has 0 atom stereocenters. The van der Waals surface area contributed by atoms with Crippen LogP contribution < -0.4 is 0 Å². The maximum atomic E-state index is 10.5. The number of carboxylic acids is 1. The van der Waals surface area contributed by atoms with Crippen molar-refractivity contribution in [3.63, 3.8) is 0 Å². The summed E-state index contributed by atoms with van der Waals surface area (Å²) in [6.45, 7) is 0.444. The number of aromatic nitrogens is 2. The van der Waals surface area contributed by atoms with E-state index in [1.165, 1.54) is 0 Å². The van der Waals surface area contributed by atoms with Gasteiger partial charge in [-0.3, -0.25) is 4.79 Å². The van der Waals surface area contributed by atoms with Gasteiger partial charge in [0.05, 0.1) is 24.6 Å². The molecule has 1 aromatic heterocycles. The Kier molecular flexibility index (Phi) is 3.00. The van der Waals surface area contributed by atoms with Gasteiger partial charge in [-0.05, 0) is 5.56 Å². The molecule has 0 amide bonds. The Morgan fingerprint density at radius 1 is 1.31 bits per heavy atom. The van der Waals surface area contributed by atoms with Crippen LogP contribution >= 0.6 is 0 Å². The van der Waals surface area contributed by atoms with Gasteiger partial charge < -0.3 is 9.67 Å². The summed E-state index contributed by atoms with van der Waals surface area (Å²) in [5.74, 6) is -0.798. The second-order valence-corrected chi connectivity index (χ2v) is 3.48. The molecule has 0 saturated carbocycles. The first-order valence-electron chi connectivity index (χ1n) is 5.05. The van der Waals surface area contributed by atoms with Crippen LogP contribution in [-0.4, -0.2) is 20.6 Å². The van der Waals surface area contributed by atoms with E-state index in [4.69, 9.17) is 5.11 Å². The van der Waals surface area contributed by atoms with Gasteiger partial charge in [-0.1, -0.05) is 30.3 Å². The number of benzene rings is 1. The summed E-state index contributed by atoms with van der Waals surface area (Å²) in [6, 6.07) is 9.80. The van der Waals surface area contributed by atoms with Crippen LogP contribution in [0, 0.1) is 0 Å².